The van der Waals surface area contributed by atoms with Gasteiger partial charge in [0.1, 0.15) is 4.90 Å². The van der Waals surface area contributed by atoms with Gasteiger partial charge in [0, 0.05) is 5.02 Å². The molecule has 0 heterocycles. The molecule has 0 atom stereocenters. The third-order valence-corrected chi connectivity index (χ3v) is 10.2. The topological polar surface area (TPSA) is 34.1 Å². The van der Waals surface area contributed by atoms with Gasteiger partial charge in [-0.25, -0.2) is 0 Å². The highest BCUT2D eigenvalue weighted by atomic mass is 35.5. The second-order valence-electron chi connectivity index (χ2n) is 6.98. The van der Waals surface area contributed by atoms with E-state index in [0.717, 1.165) is 15.9 Å². The Labute approximate surface area is 187 Å². The Morgan fingerprint density at radius 1 is 0.677 bits per heavy atom. The molecule has 0 N–H and O–H groups in total. The van der Waals surface area contributed by atoms with E-state index in [4.69, 9.17) is 11.6 Å². The molecule has 0 aromatic heterocycles. The van der Waals surface area contributed by atoms with Gasteiger partial charge in [-0.05, 0) is 52.4 Å². The van der Waals surface area contributed by atoms with Gasteiger partial charge in [-0.3, -0.25) is 0 Å². The molecule has 6 heteroatoms. The molecule has 0 saturated heterocycles. The number of hydrogen-bond donors (Lipinski definition) is 0. The number of hydrogen-bond acceptors (Lipinski definition) is 2. The van der Waals surface area contributed by atoms with Crippen molar-refractivity contribution in [2.75, 3.05) is 0 Å². The molecule has 2 nitrogen and oxygen atoms in total. The largest absolute Gasteiger partial charge is 0.332 e. The molecule has 0 bridgehead atoms. The fourth-order valence-electron chi connectivity index (χ4n) is 3.71. The first-order chi connectivity index (χ1) is 14.9. The number of halogens is 2. The van der Waals surface area contributed by atoms with Gasteiger partial charge in [-0.1, -0.05) is 103 Å². The van der Waals surface area contributed by atoms with Crippen LogP contribution in [0.3, 0.4) is 0 Å². The molecule has 0 aliphatic heterocycles. The van der Waals surface area contributed by atoms with Crippen molar-refractivity contribution >= 4 is 50.4 Å². The molecular formula is C25H19ClFO2PS. The Morgan fingerprint density at radius 2 is 1.10 bits per heavy atom. The molecule has 156 valence electrons. The summed E-state index contributed by atoms with van der Waals surface area (Å²) in [6.45, 7) is -2.51. The van der Waals surface area contributed by atoms with Crippen LogP contribution in [0.5, 0.6) is 0 Å². The van der Waals surface area contributed by atoms with Gasteiger partial charge in [0.2, 0.25) is 0 Å². The van der Waals surface area contributed by atoms with E-state index in [2.05, 4.69) is 0 Å². The van der Waals surface area contributed by atoms with Crippen molar-refractivity contribution in [3.63, 3.8) is 0 Å². The molecule has 4 aromatic carbocycles. The van der Waals surface area contributed by atoms with E-state index in [1.54, 1.807) is 0 Å². The van der Waals surface area contributed by atoms with Gasteiger partial charge < -0.3 is 0 Å². The normalized spacial score (nSPS) is 11.8. The van der Waals surface area contributed by atoms with Crippen molar-refractivity contribution < 1.29 is 12.3 Å². The van der Waals surface area contributed by atoms with Crippen LogP contribution < -0.4 is 15.9 Å². The van der Waals surface area contributed by atoms with Gasteiger partial charge in [-0.15, -0.1) is 3.89 Å². The van der Waals surface area contributed by atoms with E-state index >= 15 is 0 Å². The van der Waals surface area contributed by atoms with Crippen molar-refractivity contribution in [3.05, 3.63) is 120 Å². The van der Waals surface area contributed by atoms with E-state index in [0.29, 0.717) is 5.02 Å². The van der Waals surface area contributed by atoms with Crippen molar-refractivity contribution in [1.29, 1.82) is 0 Å². The summed E-state index contributed by atoms with van der Waals surface area (Å²) in [6.07, 6.45) is 0. The maximum atomic E-state index is 14.2. The van der Waals surface area contributed by atoms with Crippen LogP contribution in [0.1, 0.15) is 5.56 Å². The lowest BCUT2D eigenvalue weighted by molar-refractivity contribution is 0.552. The Kier molecular flexibility index (Phi) is 6.15. The van der Waals surface area contributed by atoms with E-state index in [1.807, 2.05) is 96.8 Å². The van der Waals surface area contributed by atoms with Gasteiger partial charge in [-0.2, -0.15) is 8.42 Å². The van der Waals surface area contributed by atoms with E-state index in [1.165, 1.54) is 18.2 Å². The van der Waals surface area contributed by atoms with Crippen LogP contribution in [0.15, 0.2) is 114 Å². The summed E-state index contributed by atoms with van der Waals surface area (Å²) in [4.78, 5) is -0.385. The van der Waals surface area contributed by atoms with Crippen molar-refractivity contribution in [1.82, 2.24) is 0 Å². The summed E-state index contributed by atoms with van der Waals surface area (Å²) in [5.74, 6) is 1.89. The summed E-state index contributed by atoms with van der Waals surface area (Å²) in [6, 6.07) is 33.8. The average molecular weight is 469 g/mol. The quantitative estimate of drug-likeness (QED) is 0.300. The first kappa shape index (κ1) is 21.6. The smallest absolute Gasteiger partial charge is 0.189 e. The molecule has 0 saturated carbocycles. The minimum absolute atomic E-state index is 0.250. The molecule has 4 rings (SSSR count). The Balaban J connectivity index is 2.21. The fraction of sp³-hybridized carbons (Fsp3) is 0. The molecule has 31 heavy (non-hydrogen) atoms. The van der Waals surface area contributed by atoms with E-state index < -0.39 is 17.1 Å². The van der Waals surface area contributed by atoms with Crippen LogP contribution in [0.25, 0.3) is 0 Å². The predicted octanol–water partition coefficient (Wildman–Crippen LogP) is 5.14. The van der Waals surface area contributed by atoms with Crippen molar-refractivity contribution in [3.8, 4) is 0 Å². The van der Waals surface area contributed by atoms with E-state index in [9.17, 15) is 12.3 Å². The van der Waals surface area contributed by atoms with E-state index in [-0.39, 0.29) is 10.5 Å². The van der Waals surface area contributed by atoms with Crippen LogP contribution in [0.4, 0.5) is 3.89 Å². The third kappa shape index (κ3) is 4.38. The molecular weight excluding hydrogens is 450 g/mol. The summed E-state index contributed by atoms with van der Waals surface area (Å²) in [5.41, 5.74) is 0.250. The van der Waals surface area contributed by atoms with Crippen LogP contribution in [-0.4, -0.2) is 14.2 Å². The average Bonchev–Trinajstić information content (AvgIpc) is 2.78. The van der Waals surface area contributed by atoms with Crippen LogP contribution in [0.2, 0.25) is 5.02 Å². The maximum Gasteiger partial charge on any atom is 0.332 e. The predicted molar refractivity (Wildman–Crippen MR) is 130 cm³/mol. The van der Waals surface area contributed by atoms with Gasteiger partial charge in [0.15, 0.2) is 0 Å². The molecule has 0 fully saturated rings. The first-order valence-corrected chi connectivity index (χ1v) is 13.2. The summed E-state index contributed by atoms with van der Waals surface area (Å²) in [7, 11) is -4.94. The van der Waals surface area contributed by atoms with Crippen LogP contribution >= 0.6 is 18.5 Å². The Bertz CT molecular complexity index is 1250. The maximum absolute atomic E-state index is 14.2. The molecule has 0 unspecified atom stereocenters. The van der Waals surface area contributed by atoms with Gasteiger partial charge in [0.25, 0.3) is 0 Å². The summed E-state index contributed by atoms with van der Waals surface area (Å²) >= 11 is 6.21. The molecule has 0 radical (unpaired) electrons. The summed E-state index contributed by atoms with van der Waals surface area (Å²) < 4.78 is 38.1. The van der Waals surface area contributed by atoms with Crippen LogP contribution in [-0.2, 0) is 10.2 Å². The lowest BCUT2D eigenvalue weighted by Gasteiger charge is -2.29. The second kappa shape index (κ2) is 8.84. The van der Waals surface area contributed by atoms with Crippen LogP contribution in [0, 0.1) is 0 Å². The van der Waals surface area contributed by atoms with Gasteiger partial charge in [0.05, 0.1) is 0 Å². The first-order valence-electron chi connectivity index (χ1n) is 9.57. The summed E-state index contributed by atoms with van der Waals surface area (Å²) in [5, 5.41) is 3.41. The minimum atomic E-state index is -4.94. The van der Waals surface area contributed by atoms with Crippen molar-refractivity contribution in [2.45, 2.75) is 4.90 Å². The molecule has 0 spiro atoms. The highest BCUT2D eigenvalue weighted by Crippen LogP contribution is 2.45. The zero-order chi connectivity index (χ0) is 21.9. The lowest BCUT2D eigenvalue weighted by atomic mass is 10.2. The zero-order valence-corrected chi connectivity index (χ0v) is 18.9. The molecule has 4 aromatic rings. The number of benzene rings is 4. The van der Waals surface area contributed by atoms with Crippen molar-refractivity contribution in [2.24, 2.45) is 0 Å². The highest BCUT2D eigenvalue weighted by Gasteiger charge is 2.27. The third-order valence-electron chi connectivity index (χ3n) is 5.06. The SMILES string of the molecule is O=S(=O)(F)c1ccc(Cl)cc1C=P(c1ccccc1)(c1ccccc1)c1ccccc1. The minimum Gasteiger partial charge on any atom is -0.189 e. The Hall–Kier alpha value is -2.65. The monoisotopic (exact) mass is 468 g/mol. The number of rotatable bonds is 5. The molecule has 0 amide bonds. The standard InChI is InChI=1S/C25H19ClFO2PS/c26-21-16-17-25(31(27,28)29)20(18-21)19-30(22-10-4-1-5-11-22,23-12-6-2-7-13-23)24-14-8-3-9-15-24/h1-19H. The molecule has 0 aliphatic rings. The fourth-order valence-corrected chi connectivity index (χ4v) is 8.51. The highest BCUT2D eigenvalue weighted by molar-refractivity contribution is 7.94. The lowest BCUT2D eigenvalue weighted by Crippen LogP contribution is -2.27. The molecule has 0 aliphatic carbocycles. The zero-order valence-electron chi connectivity index (χ0n) is 16.4. The second-order valence-corrected chi connectivity index (χ2v) is 12.0. The Morgan fingerprint density at radius 3 is 1.48 bits per heavy atom. The van der Waals surface area contributed by atoms with Gasteiger partial charge >= 0.3 is 10.2 Å².